The van der Waals surface area contributed by atoms with E-state index in [-0.39, 0.29) is 17.6 Å². The number of hydrogen-bond acceptors (Lipinski definition) is 3. The van der Waals surface area contributed by atoms with Crippen molar-refractivity contribution in [2.45, 2.75) is 39.5 Å². The van der Waals surface area contributed by atoms with Crippen molar-refractivity contribution in [3.05, 3.63) is 0 Å². The Kier molecular flexibility index (Phi) is 8.81. The zero-order valence-corrected chi connectivity index (χ0v) is 10.5. The van der Waals surface area contributed by atoms with E-state index in [2.05, 4.69) is 5.32 Å². The average Bonchev–Trinajstić information content (AvgIpc) is 2.24. The van der Waals surface area contributed by atoms with Gasteiger partial charge in [0.1, 0.15) is 5.78 Å². The van der Waals surface area contributed by atoms with Crippen molar-refractivity contribution in [1.82, 2.24) is 5.32 Å². The number of carbonyl (C=O) groups is 2. The van der Waals surface area contributed by atoms with Crippen LogP contribution in [0, 0.1) is 5.92 Å². The molecule has 0 radical (unpaired) electrons. The summed E-state index contributed by atoms with van der Waals surface area (Å²) < 4.78 is 4.87. The smallest absolute Gasteiger partial charge is 0.220 e. The van der Waals surface area contributed by atoms with Gasteiger partial charge in [-0.15, -0.1) is 0 Å². The maximum absolute atomic E-state index is 11.3. The molecule has 0 aliphatic rings. The summed E-state index contributed by atoms with van der Waals surface area (Å²) in [4.78, 5) is 22.6. The minimum absolute atomic E-state index is 0.0210. The average molecular weight is 229 g/mol. The zero-order valence-electron chi connectivity index (χ0n) is 10.5. The highest BCUT2D eigenvalue weighted by molar-refractivity contribution is 5.81. The first-order valence-corrected chi connectivity index (χ1v) is 5.86. The standard InChI is InChI=1S/C12H23NO3/c1-10(2)11(14)6-4-7-12(15)13-8-5-9-16-3/h10H,4-9H2,1-3H3,(H,13,15). The molecule has 0 spiro atoms. The molecule has 0 aliphatic heterocycles. The minimum Gasteiger partial charge on any atom is -0.385 e. The third kappa shape index (κ3) is 8.41. The van der Waals surface area contributed by atoms with E-state index in [4.69, 9.17) is 4.74 Å². The van der Waals surface area contributed by atoms with Gasteiger partial charge in [0.15, 0.2) is 0 Å². The molecule has 0 aromatic rings. The molecular weight excluding hydrogens is 206 g/mol. The summed E-state index contributed by atoms with van der Waals surface area (Å²) in [6.07, 6.45) is 2.41. The molecule has 94 valence electrons. The van der Waals surface area contributed by atoms with Gasteiger partial charge in [0.2, 0.25) is 5.91 Å². The van der Waals surface area contributed by atoms with E-state index in [1.807, 2.05) is 13.8 Å². The van der Waals surface area contributed by atoms with Crippen LogP contribution < -0.4 is 5.32 Å². The van der Waals surface area contributed by atoms with Crippen LogP contribution in [-0.4, -0.2) is 32.0 Å². The Morgan fingerprint density at radius 3 is 2.44 bits per heavy atom. The fraction of sp³-hybridized carbons (Fsp3) is 0.833. The number of nitrogens with one attached hydrogen (secondary N) is 1. The van der Waals surface area contributed by atoms with Gasteiger partial charge in [0.05, 0.1) is 0 Å². The number of rotatable bonds is 9. The first-order chi connectivity index (χ1) is 7.57. The highest BCUT2D eigenvalue weighted by Crippen LogP contribution is 2.03. The fourth-order valence-electron chi connectivity index (χ4n) is 1.24. The van der Waals surface area contributed by atoms with Crippen LogP contribution in [0.25, 0.3) is 0 Å². The van der Waals surface area contributed by atoms with Gasteiger partial charge in [0.25, 0.3) is 0 Å². The molecule has 0 aliphatic carbocycles. The number of carbonyl (C=O) groups excluding carboxylic acids is 2. The number of ketones is 1. The van der Waals surface area contributed by atoms with E-state index in [9.17, 15) is 9.59 Å². The van der Waals surface area contributed by atoms with Crippen molar-refractivity contribution in [2.24, 2.45) is 5.92 Å². The predicted molar refractivity (Wildman–Crippen MR) is 63.2 cm³/mol. The van der Waals surface area contributed by atoms with Gasteiger partial charge in [-0.3, -0.25) is 9.59 Å². The van der Waals surface area contributed by atoms with Crippen molar-refractivity contribution in [2.75, 3.05) is 20.3 Å². The normalized spacial score (nSPS) is 10.5. The van der Waals surface area contributed by atoms with Gasteiger partial charge in [0, 0.05) is 39.0 Å². The zero-order chi connectivity index (χ0) is 12.4. The highest BCUT2D eigenvalue weighted by Gasteiger charge is 2.08. The number of Topliss-reactive ketones (excluding diaryl/α,β-unsaturated/α-hetero) is 1. The van der Waals surface area contributed by atoms with Gasteiger partial charge < -0.3 is 10.1 Å². The van der Waals surface area contributed by atoms with Crippen LogP contribution in [-0.2, 0) is 14.3 Å². The van der Waals surface area contributed by atoms with Crippen molar-refractivity contribution >= 4 is 11.7 Å². The van der Waals surface area contributed by atoms with Crippen molar-refractivity contribution in [3.63, 3.8) is 0 Å². The lowest BCUT2D eigenvalue weighted by atomic mass is 10.0. The summed E-state index contributed by atoms with van der Waals surface area (Å²) in [5.41, 5.74) is 0. The Balaban J connectivity index is 3.40. The second-order valence-electron chi connectivity index (χ2n) is 4.17. The highest BCUT2D eigenvalue weighted by atomic mass is 16.5. The summed E-state index contributed by atoms with van der Waals surface area (Å²) in [5, 5.41) is 2.79. The first-order valence-electron chi connectivity index (χ1n) is 5.86. The molecule has 0 unspecified atom stereocenters. The van der Waals surface area contributed by atoms with E-state index in [0.717, 1.165) is 6.42 Å². The van der Waals surface area contributed by atoms with Gasteiger partial charge in [-0.1, -0.05) is 13.8 Å². The Labute approximate surface area is 97.7 Å². The van der Waals surface area contributed by atoms with E-state index in [0.29, 0.717) is 32.4 Å². The number of amides is 1. The van der Waals surface area contributed by atoms with Gasteiger partial charge >= 0.3 is 0 Å². The Hall–Kier alpha value is -0.900. The van der Waals surface area contributed by atoms with Crippen LogP contribution in [0.5, 0.6) is 0 Å². The maximum atomic E-state index is 11.3. The summed E-state index contributed by atoms with van der Waals surface area (Å²) >= 11 is 0. The van der Waals surface area contributed by atoms with E-state index in [1.54, 1.807) is 7.11 Å². The Morgan fingerprint density at radius 2 is 1.88 bits per heavy atom. The van der Waals surface area contributed by atoms with Crippen LogP contribution in [0.1, 0.15) is 39.5 Å². The molecule has 0 bridgehead atoms. The lowest BCUT2D eigenvalue weighted by molar-refractivity contribution is -0.122. The molecular formula is C12H23NO3. The molecule has 0 heterocycles. The van der Waals surface area contributed by atoms with Gasteiger partial charge in [-0.05, 0) is 12.8 Å². The van der Waals surface area contributed by atoms with Crippen LogP contribution in [0.15, 0.2) is 0 Å². The molecule has 0 fully saturated rings. The number of methoxy groups -OCH3 is 1. The monoisotopic (exact) mass is 229 g/mol. The topological polar surface area (TPSA) is 55.4 Å². The van der Waals surface area contributed by atoms with Gasteiger partial charge in [-0.2, -0.15) is 0 Å². The second-order valence-corrected chi connectivity index (χ2v) is 4.17. The van der Waals surface area contributed by atoms with Crippen molar-refractivity contribution in [3.8, 4) is 0 Å². The fourth-order valence-corrected chi connectivity index (χ4v) is 1.24. The van der Waals surface area contributed by atoms with Crippen molar-refractivity contribution < 1.29 is 14.3 Å². The summed E-state index contributed by atoms with van der Waals surface area (Å²) in [5.74, 6) is 0.324. The quantitative estimate of drug-likeness (QED) is 0.610. The van der Waals surface area contributed by atoms with Crippen LogP contribution in [0.4, 0.5) is 0 Å². The molecule has 0 aromatic carbocycles. The van der Waals surface area contributed by atoms with E-state index in [1.165, 1.54) is 0 Å². The maximum Gasteiger partial charge on any atom is 0.220 e. The molecule has 1 N–H and O–H groups in total. The van der Waals surface area contributed by atoms with E-state index >= 15 is 0 Å². The molecule has 4 nitrogen and oxygen atoms in total. The largest absolute Gasteiger partial charge is 0.385 e. The predicted octanol–water partition coefficient (Wildman–Crippen LogP) is 1.53. The SMILES string of the molecule is COCCCNC(=O)CCCC(=O)C(C)C. The van der Waals surface area contributed by atoms with Crippen LogP contribution in [0.3, 0.4) is 0 Å². The third-order valence-corrected chi connectivity index (χ3v) is 2.32. The summed E-state index contributed by atoms with van der Waals surface area (Å²) in [7, 11) is 1.64. The first kappa shape index (κ1) is 15.1. The van der Waals surface area contributed by atoms with Crippen LogP contribution in [0.2, 0.25) is 0 Å². The lowest BCUT2D eigenvalue weighted by Gasteiger charge is -2.05. The van der Waals surface area contributed by atoms with Crippen LogP contribution >= 0.6 is 0 Å². The van der Waals surface area contributed by atoms with E-state index < -0.39 is 0 Å². The number of ether oxygens (including phenoxy) is 1. The molecule has 0 saturated heterocycles. The molecule has 0 saturated carbocycles. The molecule has 1 amide bonds. The molecule has 4 heteroatoms. The second kappa shape index (κ2) is 9.33. The molecule has 0 aromatic heterocycles. The summed E-state index contributed by atoms with van der Waals surface area (Å²) in [6.45, 7) is 5.07. The Morgan fingerprint density at radius 1 is 1.19 bits per heavy atom. The minimum atomic E-state index is 0.0210. The molecule has 0 atom stereocenters. The molecule has 0 rings (SSSR count). The van der Waals surface area contributed by atoms with Gasteiger partial charge in [-0.25, -0.2) is 0 Å². The summed E-state index contributed by atoms with van der Waals surface area (Å²) in [6, 6.07) is 0. The van der Waals surface area contributed by atoms with Crippen molar-refractivity contribution in [1.29, 1.82) is 0 Å². The Bertz CT molecular complexity index is 214. The lowest BCUT2D eigenvalue weighted by Crippen LogP contribution is -2.25. The number of hydrogen-bond donors (Lipinski definition) is 1. The molecule has 16 heavy (non-hydrogen) atoms. The third-order valence-electron chi connectivity index (χ3n) is 2.32.